The fraction of sp³-hybridized carbons (Fsp3) is 0.500. The van der Waals surface area contributed by atoms with Crippen molar-refractivity contribution in [2.75, 3.05) is 31.7 Å². The molecule has 0 spiro atoms. The number of aryl methyl sites for hydroxylation is 1. The highest BCUT2D eigenvalue weighted by Gasteiger charge is 2.31. The summed E-state index contributed by atoms with van der Waals surface area (Å²) in [6.45, 7) is 2.54. The van der Waals surface area contributed by atoms with Gasteiger partial charge < -0.3 is 19.5 Å². The number of rotatable bonds is 6. The Morgan fingerprint density at radius 1 is 1.14 bits per heavy atom. The van der Waals surface area contributed by atoms with Gasteiger partial charge in [-0.3, -0.25) is 9.59 Å². The second kappa shape index (κ2) is 8.78. The molecule has 29 heavy (non-hydrogen) atoms. The van der Waals surface area contributed by atoms with Gasteiger partial charge in [0.15, 0.2) is 0 Å². The topological polar surface area (TPSA) is 76.5 Å². The van der Waals surface area contributed by atoms with Gasteiger partial charge in [0, 0.05) is 39.0 Å². The SMILES string of the molecule is COCCCNC(=O)c1nc(C(=O)N2CCCc3ccccc32)n2c1CCCC2. The minimum Gasteiger partial charge on any atom is -0.385 e. The Morgan fingerprint density at radius 2 is 2.00 bits per heavy atom. The maximum Gasteiger partial charge on any atom is 0.294 e. The monoisotopic (exact) mass is 396 g/mol. The summed E-state index contributed by atoms with van der Waals surface area (Å²) in [5.41, 5.74) is 3.43. The van der Waals surface area contributed by atoms with Gasteiger partial charge in [-0.2, -0.15) is 0 Å². The number of carbonyl (C=O) groups is 2. The van der Waals surface area contributed by atoms with E-state index in [1.807, 2.05) is 27.7 Å². The van der Waals surface area contributed by atoms with E-state index in [0.717, 1.165) is 56.5 Å². The van der Waals surface area contributed by atoms with Crippen LogP contribution in [-0.2, 0) is 24.1 Å². The first-order valence-electron chi connectivity index (χ1n) is 10.5. The lowest BCUT2D eigenvalue weighted by atomic mass is 10.0. The molecule has 0 radical (unpaired) electrons. The Bertz CT molecular complexity index is 905. The van der Waals surface area contributed by atoms with Gasteiger partial charge in [-0.05, 0) is 50.2 Å². The highest BCUT2D eigenvalue weighted by Crippen LogP contribution is 2.29. The molecule has 0 unspecified atom stereocenters. The maximum atomic E-state index is 13.5. The first-order valence-corrected chi connectivity index (χ1v) is 10.5. The molecule has 0 fully saturated rings. The minimum atomic E-state index is -0.204. The molecule has 0 bridgehead atoms. The maximum absolute atomic E-state index is 13.5. The molecular formula is C22H28N4O3. The van der Waals surface area contributed by atoms with Crippen molar-refractivity contribution in [1.29, 1.82) is 0 Å². The van der Waals surface area contributed by atoms with Crippen molar-refractivity contribution in [1.82, 2.24) is 14.9 Å². The number of nitrogens with zero attached hydrogens (tertiary/aromatic N) is 3. The number of aromatic nitrogens is 2. The molecule has 2 aliphatic rings. The third-order valence-electron chi connectivity index (χ3n) is 5.69. The highest BCUT2D eigenvalue weighted by molar-refractivity contribution is 6.06. The van der Waals surface area contributed by atoms with Gasteiger partial charge in [-0.25, -0.2) is 4.98 Å². The summed E-state index contributed by atoms with van der Waals surface area (Å²) in [5, 5.41) is 2.91. The van der Waals surface area contributed by atoms with Crippen LogP contribution in [0.2, 0.25) is 0 Å². The molecule has 1 aromatic heterocycles. The second-order valence-corrected chi connectivity index (χ2v) is 7.63. The predicted octanol–water partition coefficient (Wildman–Crippen LogP) is 2.58. The van der Waals surface area contributed by atoms with E-state index in [4.69, 9.17) is 4.74 Å². The molecular weight excluding hydrogens is 368 g/mol. The molecule has 0 aliphatic carbocycles. The number of anilines is 1. The van der Waals surface area contributed by atoms with Gasteiger partial charge in [-0.1, -0.05) is 18.2 Å². The zero-order valence-electron chi connectivity index (χ0n) is 16.9. The zero-order chi connectivity index (χ0) is 20.2. The third kappa shape index (κ3) is 3.92. The number of hydrogen-bond acceptors (Lipinski definition) is 4. The van der Waals surface area contributed by atoms with Crippen LogP contribution in [0.3, 0.4) is 0 Å². The van der Waals surface area contributed by atoms with E-state index in [1.165, 1.54) is 5.56 Å². The van der Waals surface area contributed by atoms with E-state index >= 15 is 0 Å². The van der Waals surface area contributed by atoms with Crippen molar-refractivity contribution in [3.8, 4) is 0 Å². The van der Waals surface area contributed by atoms with Crippen LogP contribution in [0, 0.1) is 0 Å². The van der Waals surface area contributed by atoms with Crippen LogP contribution in [0.5, 0.6) is 0 Å². The number of methoxy groups -OCH3 is 1. The van der Waals surface area contributed by atoms with Crippen molar-refractivity contribution < 1.29 is 14.3 Å². The molecule has 2 aliphatic heterocycles. The van der Waals surface area contributed by atoms with Gasteiger partial charge >= 0.3 is 0 Å². The van der Waals surface area contributed by atoms with Crippen molar-refractivity contribution in [2.45, 2.75) is 45.1 Å². The summed E-state index contributed by atoms with van der Waals surface area (Å²) in [7, 11) is 1.64. The molecule has 4 rings (SSSR count). The number of benzene rings is 1. The smallest absolute Gasteiger partial charge is 0.294 e. The van der Waals surface area contributed by atoms with Gasteiger partial charge in [0.05, 0.1) is 5.69 Å². The Balaban J connectivity index is 1.62. The molecule has 3 heterocycles. The van der Waals surface area contributed by atoms with Gasteiger partial charge in [0.25, 0.3) is 11.8 Å². The van der Waals surface area contributed by atoms with E-state index in [0.29, 0.717) is 31.2 Å². The zero-order valence-corrected chi connectivity index (χ0v) is 16.9. The fourth-order valence-electron chi connectivity index (χ4n) is 4.26. The fourth-order valence-corrected chi connectivity index (χ4v) is 4.26. The third-order valence-corrected chi connectivity index (χ3v) is 5.69. The summed E-state index contributed by atoms with van der Waals surface area (Å²) >= 11 is 0. The van der Waals surface area contributed by atoms with Gasteiger partial charge in [-0.15, -0.1) is 0 Å². The summed E-state index contributed by atoms with van der Waals surface area (Å²) in [6.07, 6.45) is 5.44. The number of amides is 2. The van der Waals surface area contributed by atoms with Crippen LogP contribution < -0.4 is 10.2 Å². The summed E-state index contributed by atoms with van der Waals surface area (Å²) in [5.74, 6) is 0.0713. The largest absolute Gasteiger partial charge is 0.385 e. The quantitative estimate of drug-likeness (QED) is 0.762. The Hall–Kier alpha value is -2.67. The van der Waals surface area contributed by atoms with Crippen molar-refractivity contribution in [3.05, 3.63) is 47.0 Å². The molecule has 0 saturated carbocycles. The molecule has 2 amide bonds. The van der Waals surface area contributed by atoms with Crippen LogP contribution in [0.25, 0.3) is 0 Å². The number of nitrogens with one attached hydrogen (secondary N) is 1. The average molecular weight is 396 g/mol. The number of hydrogen-bond donors (Lipinski definition) is 1. The van der Waals surface area contributed by atoms with E-state index in [9.17, 15) is 9.59 Å². The number of para-hydroxylation sites is 1. The van der Waals surface area contributed by atoms with Gasteiger partial charge in [0.2, 0.25) is 5.82 Å². The van der Waals surface area contributed by atoms with Crippen molar-refractivity contribution >= 4 is 17.5 Å². The normalized spacial score (nSPS) is 15.6. The lowest BCUT2D eigenvalue weighted by molar-refractivity contribution is 0.0942. The summed E-state index contributed by atoms with van der Waals surface area (Å²) < 4.78 is 7.00. The number of fused-ring (bicyclic) bond motifs is 2. The van der Waals surface area contributed by atoms with Crippen LogP contribution >= 0.6 is 0 Å². The number of imidazole rings is 1. The van der Waals surface area contributed by atoms with Crippen molar-refractivity contribution in [3.63, 3.8) is 0 Å². The minimum absolute atomic E-state index is 0.112. The van der Waals surface area contributed by atoms with Crippen LogP contribution in [-0.4, -0.2) is 48.2 Å². The Labute approximate surface area is 171 Å². The standard InChI is InChI=1S/C22H28N4O3/c1-29-15-7-12-23-21(27)19-18-11-4-5-13-25(18)20(24-19)22(28)26-14-6-9-16-8-2-3-10-17(16)26/h2-3,8,10H,4-7,9,11-15H2,1H3,(H,23,27). The molecule has 7 nitrogen and oxygen atoms in total. The molecule has 1 N–H and O–H groups in total. The Kier molecular flexibility index (Phi) is 5.94. The number of carbonyl (C=O) groups excluding carboxylic acids is 2. The lowest BCUT2D eigenvalue weighted by Crippen LogP contribution is -2.37. The first kappa shape index (κ1) is 19.6. The van der Waals surface area contributed by atoms with Crippen molar-refractivity contribution in [2.24, 2.45) is 0 Å². The molecule has 0 atom stereocenters. The van der Waals surface area contributed by atoms with E-state index in [-0.39, 0.29) is 11.8 Å². The van der Waals surface area contributed by atoms with Crippen LogP contribution in [0.4, 0.5) is 5.69 Å². The molecule has 1 aromatic carbocycles. The average Bonchev–Trinajstić information content (AvgIpc) is 3.15. The summed E-state index contributed by atoms with van der Waals surface area (Å²) in [6, 6.07) is 8.05. The molecule has 2 aromatic rings. The number of ether oxygens (including phenoxy) is 1. The Morgan fingerprint density at radius 3 is 2.86 bits per heavy atom. The molecule has 7 heteroatoms. The summed E-state index contributed by atoms with van der Waals surface area (Å²) in [4.78, 5) is 32.6. The van der Waals surface area contributed by atoms with Crippen LogP contribution in [0.1, 0.15) is 58.0 Å². The second-order valence-electron chi connectivity index (χ2n) is 7.63. The first-order chi connectivity index (χ1) is 14.2. The van der Waals surface area contributed by atoms with E-state index in [2.05, 4.69) is 16.4 Å². The van der Waals surface area contributed by atoms with Crippen LogP contribution in [0.15, 0.2) is 24.3 Å². The molecule has 154 valence electrons. The molecule has 0 saturated heterocycles. The van der Waals surface area contributed by atoms with E-state index < -0.39 is 0 Å². The predicted molar refractivity (Wildman–Crippen MR) is 110 cm³/mol. The highest BCUT2D eigenvalue weighted by atomic mass is 16.5. The van der Waals surface area contributed by atoms with Gasteiger partial charge in [0.1, 0.15) is 5.69 Å². The lowest BCUT2D eigenvalue weighted by Gasteiger charge is -2.29. The van der Waals surface area contributed by atoms with E-state index in [1.54, 1.807) is 7.11 Å².